The molecule has 0 bridgehead atoms. The fourth-order valence-corrected chi connectivity index (χ4v) is 5.70. The molecule has 1 aromatic rings. The topological polar surface area (TPSA) is 89.8 Å². The van der Waals surface area contributed by atoms with Gasteiger partial charge in [-0.05, 0) is 24.7 Å². The number of aromatic nitrogens is 3. The monoisotopic (exact) mass is 419 g/mol. The van der Waals surface area contributed by atoms with E-state index in [-0.39, 0.29) is 36.3 Å². The number of hydroxylamine groups is 2. The van der Waals surface area contributed by atoms with E-state index in [1.807, 2.05) is 17.0 Å². The molecule has 3 aliphatic rings. The smallest absolute Gasteiger partial charge is 0.303 e. The molecule has 1 saturated carbocycles. The third-order valence-electron chi connectivity index (χ3n) is 7.03. The largest absolute Gasteiger partial charge is 0.459 e. The molecule has 0 aromatic carbocycles. The van der Waals surface area contributed by atoms with Crippen LogP contribution in [0.3, 0.4) is 0 Å². The molecule has 1 aromatic heterocycles. The average molecular weight is 420 g/mol. The molecule has 9 heteroatoms. The van der Waals surface area contributed by atoms with Gasteiger partial charge in [0.25, 0.3) is 0 Å². The first kappa shape index (κ1) is 21.2. The van der Waals surface area contributed by atoms with Crippen molar-refractivity contribution in [1.82, 2.24) is 25.0 Å². The van der Waals surface area contributed by atoms with Crippen LogP contribution in [-0.2, 0) is 32.3 Å². The van der Waals surface area contributed by atoms with E-state index in [0.717, 1.165) is 12.8 Å². The van der Waals surface area contributed by atoms with Crippen LogP contribution in [0.25, 0.3) is 0 Å². The van der Waals surface area contributed by atoms with Gasteiger partial charge in [0, 0.05) is 26.3 Å². The lowest BCUT2D eigenvalue weighted by Crippen LogP contribution is -2.61. The maximum atomic E-state index is 13.2. The molecule has 1 amide bonds. The molecule has 30 heavy (non-hydrogen) atoms. The van der Waals surface area contributed by atoms with Crippen molar-refractivity contribution >= 4 is 11.9 Å². The van der Waals surface area contributed by atoms with Gasteiger partial charge < -0.3 is 9.64 Å². The number of rotatable bonds is 5. The lowest BCUT2D eigenvalue weighted by atomic mass is 9.69. The van der Waals surface area contributed by atoms with Crippen LogP contribution in [0.15, 0.2) is 6.20 Å². The standard InChI is InChI=1S/C21H33N5O4/c1-13(2)18-7-6-14(3)9-21(18)24(5)20(28)19-8-17(30-26(19)21)11-25-10-16(22-23-25)12-29-15(4)27/h10,13-14,17-19H,6-9,11-12H2,1-5H3/t14-,17+,18+,19+,21+/m1/s1. The number of esters is 1. The van der Waals surface area contributed by atoms with Crippen molar-refractivity contribution in [3.8, 4) is 0 Å². The second kappa shape index (κ2) is 7.92. The summed E-state index contributed by atoms with van der Waals surface area (Å²) in [5.41, 5.74) is 0.225. The number of nitrogens with zero attached hydrogens (tertiary/aromatic N) is 5. The van der Waals surface area contributed by atoms with Crippen molar-refractivity contribution in [3.05, 3.63) is 11.9 Å². The Labute approximate surface area is 177 Å². The lowest BCUT2D eigenvalue weighted by molar-refractivity contribution is -0.265. The summed E-state index contributed by atoms with van der Waals surface area (Å²) in [6.45, 7) is 8.76. The Bertz CT molecular complexity index is 811. The number of hydrogen-bond acceptors (Lipinski definition) is 7. The summed E-state index contributed by atoms with van der Waals surface area (Å²) in [6, 6.07) is -0.240. The maximum absolute atomic E-state index is 13.2. The first-order valence-corrected chi connectivity index (χ1v) is 11.0. The van der Waals surface area contributed by atoms with Gasteiger partial charge in [-0.25, -0.2) is 4.68 Å². The Morgan fingerprint density at radius 2 is 2.17 bits per heavy atom. The molecule has 2 saturated heterocycles. The number of fused-ring (bicyclic) bond motifs is 2. The average Bonchev–Trinajstić information content (AvgIpc) is 3.35. The number of likely N-dealkylation sites (N-methyl/N-ethyl adjacent to an activating group) is 1. The summed E-state index contributed by atoms with van der Waals surface area (Å²) in [7, 11) is 1.95. The van der Waals surface area contributed by atoms with Gasteiger partial charge in [-0.1, -0.05) is 32.4 Å². The summed E-state index contributed by atoms with van der Waals surface area (Å²) in [5, 5.41) is 10.2. The normalized spacial score (nSPS) is 34.2. The molecule has 0 radical (unpaired) electrons. The van der Waals surface area contributed by atoms with Crippen molar-refractivity contribution in [3.63, 3.8) is 0 Å². The summed E-state index contributed by atoms with van der Waals surface area (Å²) in [6.07, 6.45) is 5.51. The predicted molar refractivity (Wildman–Crippen MR) is 107 cm³/mol. The Hall–Kier alpha value is -2.00. The van der Waals surface area contributed by atoms with E-state index in [1.165, 1.54) is 13.3 Å². The van der Waals surface area contributed by atoms with E-state index in [0.29, 0.717) is 36.4 Å². The van der Waals surface area contributed by atoms with Crippen LogP contribution in [0.4, 0.5) is 0 Å². The van der Waals surface area contributed by atoms with Crippen LogP contribution in [0.1, 0.15) is 59.1 Å². The zero-order valence-corrected chi connectivity index (χ0v) is 18.6. The van der Waals surface area contributed by atoms with Crippen LogP contribution >= 0.6 is 0 Å². The highest BCUT2D eigenvalue weighted by Crippen LogP contribution is 2.52. The SMILES string of the molecule is CC(=O)OCc1cn(C[C@@H]2C[C@H]3C(=O)N(C)[C@@]4(C[C@H](C)CC[C@H]4C(C)C)N3O2)nn1. The van der Waals surface area contributed by atoms with Gasteiger partial charge in [0.15, 0.2) is 0 Å². The van der Waals surface area contributed by atoms with Crippen LogP contribution in [0, 0.1) is 17.8 Å². The van der Waals surface area contributed by atoms with Crippen molar-refractivity contribution < 1.29 is 19.2 Å². The highest BCUT2D eigenvalue weighted by Gasteiger charge is 2.64. The van der Waals surface area contributed by atoms with Crippen LogP contribution in [-0.4, -0.2) is 61.7 Å². The number of carbonyl (C=O) groups is 2. The van der Waals surface area contributed by atoms with Crippen LogP contribution in [0.5, 0.6) is 0 Å². The first-order valence-electron chi connectivity index (χ1n) is 11.0. The van der Waals surface area contributed by atoms with Crippen LogP contribution in [0.2, 0.25) is 0 Å². The number of amides is 1. The number of ether oxygens (including phenoxy) is 1. The lowest BCUT2D eigenvalue weighted by Gasteiger charge is -2.52. The molecule has 1 aliphatic carbocycles. The summed E-state index contributed by atoms with van der Waals surface area (Å²) in [5.74, 6) is 1.21. The molecular formula is C21H33N5O4. The third-order valence-corrected chi connectivity index (χ3v) is 7.03. The summed E-state index contributed by atoms with van der Waals surface area (Å²) in [4.78, 5) is 32.6. The van der Waals surface area contributed by atoms with Gasteiger partial charge in [-0.3, -0.25) is 14.4 Å². The molecule has 9 nitrogen and oxygen atoms in total. The predicted octanol–water partition coefficient (Wildman–Crippen LogP) is 1.98. The number of hydrogen-bond donors (Lipinski definition) is 0. The Morgan fingerprint density at radius 1 is 1.40 bits per heavy atom. The van der Waals surface area contributed by atoms with Gasteiger partial charge in [0.2, 0.25) is 5.91 Å². The molecule has 0 N–H and O–H groups in total. The highest BCUT2D eigenvalue weighted by atomic mass is 16.7. The molecule has 2 aliphatic heterocycles. The zero-order chi connectivity index (χ0) is 21.6. The van der Waals surface area contributed by atoms with E-state index in [4.69, 9.17) is 9.57 Å². The quantitative estimate of drug-likeness (QED) is 0.674. The molecule has 1 spiro atoms. The fourth-order valence-electron chi connectivity index (χ4n) is 5.70. The third kappa shape index (κ3) is 3.51. The van der Waals surface area contributed by atoms with E-state index < -0.39 is 0 Å². The Balaban J connectivity index is 1.51. The number of carbonyl (C=O) groups excluding carboxylic acids is 2. The van der Waals surface area contributed by atoms with Crippen molar-refractivity contribution in [2.45, 2.75) is 84.3 Å². The van der Waals surface area contributed by atoms with Crippen molar-refractivity contribution in [2.24, 2.45) is 17.8 Å². The second-order valence-electron chi connectivity index (χ2n) is 9.53. The maximum Gasteiger partial charge on any atom is 0.303 e. The zero-order valence-electron chi connectivity index (χ0n) is 18.6. The van der Waals surface area contributed by atoms with Gasteiger partial charge >= 0.3 is 5.97 Å². The Morgan fingerprint density at radius 3 is 2.87 bits per heavy atom. The van der Waals surface area contributed by atoms with E-state index in [9.17, 15) is 9.59 Å². The van der Waals surface area contributed by atoms with Gasteiger partial charge in [0.05, 0.1) is 12.7 Å². The molecule has 0 unspecified atom stereocenters. The Kier molecular flexibility index (Phi) is 5.61. The van der Waals surface area contributed by atoms with E-state index in [2.05, 4.69) is 31.1 Å². The van der Waals surface area contributed by atoms with Gasteiger partial charge in [-0.15, -0.1) is 5.10 Å². The summed E-state index contributed by atoms with van der Waals surface area (Å²) < 4.78 is 6.68. The van der Waals surface area contributed by atoms with Crippen molar-refractivity contribution in [1.29, 1.82) is 0 Å². The highest BCUT2D eigenvalue weighted by molar-refractivity contribution is 5.85. The van der Waals surface area contributed by atoms with E-state index in [1.54, 1.807) is 10.9 Å². The van der Waals surface area contributed by atoms with Gasteiger partial charge in [0.1, 0.15) is 30.1 Å². The minimum Gasteiger partial charge on any atom is -0.459 e. The summed E-state index contributed by atoms with van der Waals surface area (Å²) >= 11 is 0. The molecule has 3 heterocycles. The van der Waals surface area contributed by atoms with Gasteiger partial charge in [-0.2, -0.15) is 5.06 Å². The van der Waals surface area contributed by atoms with E-state index >= 15 is 0 Å². The molecule has 4 rings (SSSR count). The first-order chi connectivity index (χ1) is 14.2. The van der Waals surface area contributed by atoms with Crippen LogP contribution < -0.4 is 0 Å². The minimum atomic E-state index is -0.370. The minimum absolute atomic E-state index is 0.107. The fraction of sp³-hybridized carbons (Fsp3) is 0.810. The molecular weight excluding hydrogens is 386 g/mol. The molecule has 5 atom stereocenters. The second-order valence-corrected chi connectivity index (χ2v) is 9.53. The molecule has 166 valence electrons. The molecule has 3 fully saturated rings. The van der Waals surface area contributed by atoms with Crippen molar-refractivity contribution in [2.75, 3.05) is 7.05 Å².